The van der Waals surface area contributed by atoms with Crippen molar-refractivity contribution in [3.63, 3.8) is 0 Å². The second-order valence-electron chi connectivity index (χ2n) is 3.68. The van der Waals surface area contributed by atoms with Crippen molar-refractivity contribution in [2.24, 2.45) is 5.92 Å². The summed E-state index contributed by atoms with van der Waals surface area (Å²) in [6.45, 7) is 8.97. The molecule has 0 aliphatic carbocycles. The summed E-state index contributed by atoms with van der Waals surface area (Å²) in [5, 5.41) is 2.77. The van der Waals surface area contributed by atoms with Gasteiger partial charge in [0.25, 0.3) is 0 Å². The van der Waals surface area contributed by atoms with Crippen LogP contribution in [0.5, 0.6) is 0 Å². The first kappa shape index (κ1) is 11.5. The second kappa shape index (κ2) is 5.34. The van der Waals surface area contributed by atoms with Gasteiger partial charge in [-0.1, -0.05) is 13.5 Å². The van der Waals surface area contributed by atoms with Gasteiger partial charge in [0.2, 0.25) is 5.91 Å². The first-order chi connectivity index (χ1) is 7.13. The van der Waals surface area contributed by atoms with Crippen LogP contribution in [0.4, 0.5) is 0 Å². The number of hydrogen-bond acceptors (Lipinski definition) is 2. The SMILES string of the molecule is C=CC(=O)NCC(C)Cn1ccnc1C. The number of imidazole rings is 1. The number of aryl methyl sites for hydroxylation is 1. The van der Waals surface area contributed by atoms with Crippen molar-refractivity contribution in [1.29, 1.82) is 0 Å². The van der Waals surface area contributed by atoms with Crippen LogP contribution in [0.1, 0.15) is 12.7 Å². The van der Waals surface area contributed by atoms with E-state index < -0.39 is 0 Å². The standard InChI is InChI=1S/C11H17N3O/c1-4-11(15)13-7-9(2)8-14-6-5-12-10(14)3/h4-6,9H,1,7-8H2,2-3H3,(H,13,15). The lowest BCUT2D eigenvalue weighted by Gasteiger charge is -2.13. The zero-order valence-corrected chi connectivity index (χ0v) is 9.23. The molecule has 1 N–H and O–H groups in total. The minimum Gasteiger partial charge on any atom is -0.352 e. The molecule has 1 unspecified atom stereocenters. The van der Waals surface area contributed by atoms with Crippen LogP contribution >= 0.6 is 0 Å². The van der Waals surface area contributed by atoms with E-state index in [9.17, 15) is 4.79 Å². The van der Waals surface area contributed by atoms with Gasteiger partial charge in [-0.3, -0.25) is 4.79 Å². The highest BCUT2D eigenvalue weighted by Gasteiger charge is 2.05. The van der Waals surface area contributed by atoms with Crippen LogP contribution in [0.15, 0.2) is 25.0 Å². The van der Waals surface area contributed by atoms with Crippen molar-refractivity contribution >= 4 is 5.91 Å². The van der Waals surface area contributed by atoms with Gasteiger partial charge in [0.1, 0.15) is 5.82 Å². The highest BCUT2D eigenvalue weighted by Crippen LogP contribution is 2.02. The Kier molecular flexibility index (Phi) is 4.09. The topological polar surface area (TPSA) is 46.9 Å². The van der Waals surface area contributed by atoms with Gasteiger partial charge in [-0.05, 0) is 18.9 Å². The van der Waals surface area contributed by atoms with Crippen molar-refractivity contribution in [3.8, 4) is 0 Å². The van der Waals surface area contributed by atoms with Gasteiger partial charge in [-0.25, -0.2) is 4.98 Å². The lowest BCUT2D eigenvalue weighted by atomic mass is 10.2. The predicted octanol–water partition coefficient (Wildman–Crippen LogP) is 1.13. The summed E-state index contributed by atoms with van der Waals surface area (Å²) in [4.78, 5) is 15.1. The number of rotatable bonds is 5. The summed E-state index contributed by atoms with van der Waals surface area (Å²) in [6, 6.07) is 0. The lowest BCUT2D eigenvalue weighted by molar-refractivity contribution is -0.116. The van der Waals surface area contributed by atoms with Crippen LogP contribution in [-0.4, -0.2) is 22.0 Å². The van der Waals surface area contributed by atoms with Crippen LogP contribution in [0, 0.1) is 12.8 Å². The summed E-state index contributed by atoms with van der Waals surface area (Å²) < 4.78 is 2.07. The molecule has 1 amide bonds. The highest BCUT2D eigenvalue weighted by atomic mass is 16.1. The molecular formula is C11H17N3O. The van der Waals surface area contributed by atoms with Crippen molar-refractivity contribution < 1.29 is 4.79 Å². The molecule has 1 aromatic heterocycles. The lowest BCUT2D eigenvalue weighted by Crippen LogP contribution is -2.28. The van der Waals surface area contributed by atoms with E-state index in [1.807, 2.05) is 13.1 Å². The molecule has 0 radical (unpaired) electrons. The van der Waals surface area contributed by atoms with Crippen LogP contribution < -0.4 is 5.32 Å². The van der Waals surface area contributed by atoms with E-state index in [0.29, 0.717) is 12.5 Å². The summed E-state index contributed by atoms with van der Waals surface area (Å²) in [5.41, 5.74) is 0. The van der Waals surface area contributed by atoms with Crippen molar-refractivity contribution in [2.75, 3.05) is 6.54 Å². The van der Waals surface area contributed by atoms with Gasteiger partial charge >= 0.3 is 0 Å². The summed E-state index contributed by atoms with van der Waals surface area (Å²) >= 11 is 0. The second-order valence-corrected chi connectivity index (χ2v) is 3.68. The Hall–Kier alpha value is -1.58. The fraction of sp³-hybridized carbons (Fsp3) is 0.455. The van der Waals surface area contributed by atoms with Gasteiger partial charge < -0.3 is 9.88 Å². The Balaban J connectivity index is 2.36. The maximum atomic E-state index is 10.9. The molecule has 1 rings (SSSR count). The van der Waals surface area contributed by atoms with E-state index in [-0.39, 0.29) is 5.91 Å². The van der Waals surface area contributed by atoms with E-state index in [1.54, 1.807) is 6.20 Å². The van der Waals surface area contributed by atoms with E-state index in [4.69, 9.17) is 0 Å². The third-order valence-electron chi connectivity index (χ3n) is 2.24. The van der Waals surface area contributed by atoms with E-state index >= 15 is 0 Å². The molecule has 15 heavy (non-hydrogen) atoms. The van der Waals surface area contributed by atoms with Gasteiger partial charge in [-0.2, -0.15) is 0 Å². The molecular weight excluding hydrogens is 190 g/mol. The first-order valence-electron chi connectivity index (χ1n) is 5.01. The number of amides is 1. The number of carbonyl (C=O) groups is 1. The largest absolute Gasteiger partial charge is 0.352 e. The number of aromatic nitrogens is 2. The Morgan fingerprint density at radius 1 is 1.80 bits per heavy atom. The predicted molar refractivity (Wildman–Crippen MR) is 59.3 cm³/mol. The number of carbonyl (C=O) groups excluding carboxylic acids is 1. The quantitative estimate of drug-likeness (QED) is 0.736. The molecule has 0 spiro atoms. The zero-order valence-electron chi connectivity index (χ0n) is 9.23. The monoisotopic (exact) mass is 207 g/mol. The van der Waals surface area contributed by atoms with E-state index in [1.165, 1.54) is 6.08 Å². The third-order valence-corrected chi connectivity index (χ3v) is 2.24. The average molecular weight is 207 g/mol. The van der Waals surface area contributed by atoms with Crippen molar-refractivity contribution in [3.05, 3.63) is 30.9 Å². The average Bonchev–Trinajstić information content (AvgIpc) is 2.61. The molecule has 4 heteroatoms. The highest BCUT2D eigenvalue weighted by molar-refractivity contribution is 5.86. The molecule has 82 valence electrons. The molecule has 1 aromatic rings. The van der Waals surface area contributed by atoms with Crippen molar-refractivity contribution in [1.82, 2.24) is 14.9 Å². The van der Waals surface area contributed by atoms with E-state index in [2.05, 4.69) is 28.4 Å². The fourth-order valence-corrected chi connectivity index (χ4v) is 1.34. The Morgan fingerprint density at radius 3 is 3.07 bits per heavy atom. The minimum atomic E-state index is -0.121. The number of nitrogens with one attached hydrogen (secondary N) is 1. The smallest absolute Gasteiger partial charge is 0.243 e. The Labute approximate surface area is 90.0 Å². The van der Waals surface area contributed by atoms with Gasteiger partial charge in [0, 0.05) is 25.5 Å². The first-order valence-corrected chi connectivity index (χ1v) is 5.01. The number of hydrogen-bond donors (Lipinski definition) is 1. The van der Waals surface area contributed by atoms with Gasteiger partial charge in [-0.15, -0.1) is 0 Å². The molecule has 0 saturated carbocycles. The molecule has 0 bridgehead atoms. The van der Waals surface area contributed by atoms with Crippen LogP contribution in [-0.2, 0) is 11.3 Å². The molecule has 0 fully saturated rings. The molecule has 0 saturated heterocycles. The molecule has 0 aliphatic rings. The minimum absolute atomic E-state index is 0.121. The van der Waals surface area contributed by atoms with Gasteiger partial charge in [0.05, 0.1) is 0 Å². The fourth-order valence-electron chi connectivity index (χ4n) is 1.34. The third kappa shape index (κ3) is 3.58. The van der Waals surface area contributed by atoms with Crippen LogP contribution in [0.25, 0.3) is 0 Å². The number of nitrogens with zero attached hydrogens (tertiary/aromatic N) is 2. The van der Waals surface area contributed by atoms with Crippen LogP contribution in [0.3, 0.4) is 0 Å². The molecule has 1 atom stereocenters. The Bertz CT molecular complexity index is 343. The maximum Gasteiger partial charge on any atom is 0.243 e. The molecule has 0 aliphatic heterocycles. The zero-order chi connectivity index (χ0) is 11.3. The summed E-state index contributed by atoms with van der Waals surface area (Å²) in [7, 11) is 0. The maximum absolute atomic E-state index is 10.9. The molecule has 1 heterocycles. The summed E-state index contributed by atoms with van der Waals surface area (Å²) in [5.74, 6) is 1.25. The summed E-state index contributed by atoms with van der Waals surface area (Å²) in [6.07, 6.45) is 5.01. The van der Waals surface area contributed by atoms with Crippen LogP contribution in [0.2, 0.25) is 0 Å². The van der Waals surface area contributed by atoms with Crippen molar-refractivity contribution in [2.45, 2.75) is 20.4 Å². The normalized spacial score (nSPS) is 12.1. The van der Waals surface area contributed by atoms with E-state index in [0.717, 1.165) is 12.4 Å². The van der Waals surface area contributed by atoms with Gasteiger partial charge in [0.15, 0.2) is 0 Å². The Morgan fingerprint density at radius 2 is 2.53 bits per heavy atom. The molecule has 4 nitrogen and oxygen atoms in total. The molecule has 0 aromatic carbocycles.